The largest absolute Gasteiger partial charge is 0.495 e. The van der Waals surface area contributed by atoms with Crippen LogP contribution in [0.25, 0.3) is 20.8 Å². The summed E-state index contributed by atoms with van der Waals surface area (Å²) in [4.78, 5) is 17.7. The van der Waals surface area contributed by atoms with E-state index >= 15 is 0 Å². The molecule has 0 spiro atoms. The van der Waals surface area contributed by atoms with E-state index < -0.39 is 5.91 Å². The fraction of sp³-hybridized carbons (Fsp3) is 0.0455. The van der Waals surface area contributed by atoms with Crippen LogP contribution >= 0.6 is 87.3 Å². The highest BCUT2D eigenvalue weighted by Crippen LogP contribution is 2.40. The molecular formula is C22H13Br4N3O2S2. The van der Waals surface area contributed by atoms with Gasteiger partial charge < -0.3 is 10.1 Å². The summed E-state index contributed by atoms with van der Waals surface area (Å²) in [5, 5.41) is 6.85. The molecule has 5 nitrogen and oxygen atoms in total. The van der Waals surface area contributed by atoms with Gasteiger partial charge in [0.25, 0.3) is 5.91 Å². The number of thiazole rings is 1. The van der Waals surface area contributed by atoms with Crippen molar-refractivity contribution in [1.82, 2.24) is 10.3 Å². The van der Waals surface area contributed by atoms with E-state index in [9.17, 15) is 4.79 Å². The smallest absolute Gasteiger partial charge is 0.261 e. The Kier molecular flexibility index (Phi) is 7.87. The predicted octanol–water partition coefficient (Wildman–Crippen LogP) is 8.15. The first-order valence-corrected chi connectivity index (χ1v) is 13.7. The lowest BCUT2D eigenvalue weighted by Gasteiger charge is -2.16. The first-order chi connectivity index (χ1) is 15.8. The summed E-state index contributed by atoms with van der Waals surface area (Å²) in [6.07, 6.45) is 0. The van der Waals surface area contributed by atoms with E-state index in [0.717, 1.165) is 34.2 Å². The Balaban J connectivity index is 1.64. The number of anilines is 1. The predicted molar refractivity (Wildman–Crippen MR) is 153 cm³/mol. The first kappa shape index (κ1) is 24.7. The maximum Gasteiger partial charge on any atom is 0.261 e. The number of carbonyl (C=O) groups excluding carboxylic acids is 1. The second-order valence-corrected chi connectivity index (χ2v) is 11.7. The lowest BCUT2D eigenvalue weighted by molar-refractivity contribution is 0.0974. The van der Waals surface area contributed by atoms with Crippen molar-refractivity contribution in [3.05, 3.63) is 72.0 Å². The molecule has 3 aromatic carbocycles. The molecule has 0 aliphatic heterocycles. The lowest BCUT2D eigenvalue weighted by Crippen LogP contribution is -2.34. The molecule has 0 radical (unpaired) electrons. The Morgan fingerprint density at radius 2 is 1.73 bits per heavy atom. The molecule has 11 heteroatoms. The molecule has 0 unspecified atom stereocenters. The topological polar surface area (TPSA) is 63.2 Å². The second-order valence-electron chi connectivity index (χ2n) is 6.67. The zero-order valence-electron chi connectivity index (χ0n) is 16.7. The molecule has 168 valence electrons. The number of fused-ring (bicyclic) bond motifs is 1. The zero-order chi connectivity index (χ0) is 23.7. The molecule has 4 aromatic rings. The summed E-state index contributed by atoms with van der Waals surface area (Å²) in [6, 6.07) is 15.3. The maximum atomic E-state index is 13.0. The van der Waals surface area contributed by atoms with Crippen molar-refractivity contribution in [3.8, 4) is 16.3 Å². The Hall–Kier alpha value is -1.37. The van der Waals surface area contributed by atoms with Crippen LogP contribution in [-0.2, 0) is 0 Å². The van der Waals surface area contributed by atoms with E-state index in [-0.39, 0.29) is 5.11 Å². The molecule has 33 heavy (non-hydrogen) atoms. The third-order valence-electron chi connectivity index (χ3n) is 4.50. The number of benzene rings is 3. The molecule has 0 aliphatic rings. The van der Waals surface area contributed by atoms with Crippen molar-refractivity contribution in [1.29, 1.82) is 0 Å². The van der Waals surface area contributed by atoms with E-state index in [2.05, 4.69) is 74.4 Å². The number of carbonyl (C=O) groups is 1. The molecule has 0 saturated heterocycles. The van der Waals surface area contributed by atoms with Gasteiger partial charge in [0.2, 0.25) is 0 Å². The Bertz CT molecular complexity index is 1380. The number of rotatable bonds is 4. The van der Waals surface area contributed by atoms with Crippen LogP contribution in [0.5, 0.6) is 5.75 Å². The number of nitrogens with one attached hydrogen (secondary N) is 2. The maximum absolute atomic E-state index is 13.0. The van der Waals surface area contributed by atoms with Gasteiger partial charge in [-0.2, -0.15) is 0 Å². The quantitative estimate of drug-likeness (QED) is 0.208. The lowest BCUT2D eigenvalue weighted by atomic mass is 10.2. The average Bonchev–Trinajstić information content (AvgIpc) is 3.19. The highest BCUT2D eigenvalue weighted by molar-refractivity contribution is 9.11. The van der Waals surface area contributed by atoms with Crippen LogP contribution in [0.15, 0.2) is 66.4 Å². The highest BCUT2D eigenvalue weighted by Gasteiger charge is 2.20. The van der Waals surface area contributed by atoms with Gasteiger partial charge in [-0.1, -0.05) is 44.0 Å². The van der Waals surface area contributed by atoms with Gasteiger partial charge in [0.05, 0.1) is 33.0 Å². The number of hydrogen-bond acceptors (Lipinski definition) is 5. The van der Waals surface area contributed by atoms with Crippen LogP contribution in [0.3, 0.4) is 0 Å². The van der Waals surface area contributed by atoms with Gasteiger partial charge in [-0.25, -0.2) is 4.98 Å². The number of ether oxygens (including phenoxy) is 1. The number of hydrogen-bond donors (Lipinski definition) is 2. The van der Waals surface area contributed by atoms with Crippen molar-refractivity contribution in [2.75, 3.05) is 12.4 Å². The fourth-order valence-corrected chi connectivity index (χ4v) is 7.00. The number of halogens is 4. The zero-order valence-corrected chi connectivity index (χ0v) is 24.7. The molecule has 0 aliphatic carbocycles. The number of thiocarbonyl (C=S) groups is 1. The summed E-state index contributed by atoms with van der Waals surface area (Å²) >= 11 is 21.0. The Morgan fingerprint density at radius 3 is 2.45 bits per heavy atom. The van der Waals surface area contributed by atoms with Crippen LogP contribution in [-0.4, -0.2) is 23.1 Å². The van der Waals surface area contributed by atoms with Crippen LogP contribution in [0.4, 0.5) is 5.69 Å². The standard InChI is InChI=1S/C22H13Br4N3O2S2/c1-31-19-13(7-11(24)9-15(19)26)20(30)29-22(32)28-18-12(6-10(23)8-14(18)25)21-27-16-4-2-3-5-17(16)33-21/h2-9H,1H3,(H2,28,29,30,32). The van der Waals surface area contributed by atoms with E-state index in [1.807, 2.05) is 36.4 Å². The van der Waals surface area contributed by atoms with Crippen molar-refractivity contribution in [2.45, 2.75) is 0 Å². The summed E-state index contributed by atoms with van der Waals surface area (Å²) in [7, 11) is 1.50. The number of methoxy groups -OCH3 is 1. The van der Waals surface area contributed by atoms with Crippen LogP contribution in [0.1, 0.15) is 10.4 Å². The molecular weight excluding hydrogens is 722 g/mol. The van der Waals surface area contributed by atoms with Crippen LogP contribution in [0, 0.1) is 0 Å². The third kappa shape index (κ3) is 5.49. The molecule has 0 bridgehead atoms. The van der Waals surface area contributed by atoms with Crippen LogP contribution in [0.2, 0.25) is 0 Å². The van der Waals surface area contributed by atoms with Crippen LogP contribution < -0.4 is 15.4 Å². The molecule has 2 N–H and O–H groups in total. The molecule has 4 rings (SSSR count). The SMILES string of the molecule is COc1c(Br)cc(Br)cc1C(=O)NC(=S)Nc1c(Br)cc(Br)cc1-c1nc2ccccc2s1. The summed E-state index contributed by atoms with van der Waals surface area (Å²) < 4.78 is 9.49. The minimum Gasteiger partial charge on any atom is -0.495 e. The van der Waals surface area contributed by atoms with Crippen molar-refractivity contribution >= 4 is 114 Å². The second kappa shape index (κ2) is 10.5. The van der Waals surface area contributed by atoms with Gasteiger partial charge in [-0.05, 0) is 80.5 Å². The molecule has 1 aromatic heterocycles. The highest BCUT2D eigenvalue weighted by atomic mass is 79.9. The van der Waals surface area contributed by atoms with Crippen molar-refractivity contribution < 1.29 is 9.53 Å². The van der Waals surface area contributed by atoms with Crippen molar-refractivity contribution in [3.63, 3.8) is 0 Å². The fourth-order valence-electron chi connectivity index (χ4n) is 3.11. The Morgan fingerprint density at radius 1 is 1.03 bits per heavy atom. The number of aromatic nitrogens is 1. The Labute approximate surface area is 232 Å². The molecule has 0 atom stereocenters. The van der Waals surface area contributed by atoms with Gasteiger partial charge in [0.15, 0.2) is 5.11 Å². The molecule has 0 fully saturated rings. The molecule has 0 saturated carbocycles. The van der Waals surface area contributed by atoms with E-state index in [4.69, 9.17) is 21.9 Å². The number of amides is 1. The number of nitrogens with zero attached hydrogens (tertiary/aromatic N) is 1. The average molecular weight is 735 g/mol. The minimum absolute atomic E-state index is 0.142. The minimum atomic E-state index is -0.402. The molecule has 1 amide bonds. The van der Waals surface area contributed by atoms with Gasteiger partial charge in [0.1, 0.15) is 10.8 Å². The summed E-state index contributed by atoms with van der Waals surface area (Å²) in [5.74, 6) is 0.0135. The van der Waals surface area contributed by atoms with Gasteiger partial charge in [-0.15, -0.1) is 11.3 Å². The monoisotopic (exact) mass is 731 g/mol. The van der Waals surface area contributed by atoms with E-state index in [1.165, 1.54) is 7.11 Å². The van der Waals surface area contributed by atoms with Gasteiger partial charge in [0, 0.05) is 19.0 Å². The van der Waals surface area contributed by atoms with Crippen molar-refractivity contribution in [2.24, 2.45) is 0 Å². The first-order valence-electron chi connectivity index (χ1n) is 9.27. The normalized spacial score (nSPS) is 10.8. The van der Waals surface area contributed by atoms with Gasteiger partial charge >= 0.3 is 0 Å². The van der Waals surface area contributed by atoms with Gasteiger partial charge in [-0.3, -0.25) is 10.1 Å². The number of para-hydroxylation sites is 1. The summed E-state index contributed by atoms with van der Waals surface area (Å²) in [6.45, 7) is 0. The van der Waals surface area contributed by atoms with E-state index in [0.29, 0.717) is 21.5 Å². The third-order valence-corrected chi connectivity index (χ3v) is 7.91. The summed E-state index contributed by atoms with van der Waals surface area (Å²) in [5.41, 5.74) is 2.80. The molecule has 1 heterocycles. The van der Waals surface area contributed by atoms with E-state index in [1.54, 1.807) is 23.5 Å².